The molecule has 0 atom stereocenters. The highest BCUT2D eigenvalue weighted by Crippen LogP contribution is 2.13. The van der Waals surface area contributed by atoms with Crippen molar-refractivity contribution in [1.82, 2.24) is 9.88 Å². The van der Waals surface area contributed by atoms with Crippen molar-refractivity contribution < 1.29 is 0 Å². The third-order valence-electron chi connectivity index (χ3n) is 3.10. The number of benzene rings is 1. The van der Waals surface area contributed by atoms with Crippen LogP contribution in [0.1, 0.15) is 24.6 Å². The van der Waals surface area contributed by atoms with Crippen LogP contribution < -0.4 is 5.73 Å². The highest BCUT2D eigenvalue weighted by atomic mass is 79.9. The summed E-state index contributed by atoms with van der Waals surface area (Å²) in [6, 6.07) is 12.2. The molecule has 4 heteroatoms. The molecule has 0 radical (unpaired) electrons. The number of halogens is 1. The number of rotatable bonds is 6. The number of pyridine rings is 1. The van der Waals surface area contributed by atoms with Gasteiger partial charge in [-0.2, -0.15) is 0 Å². The van der Waals surface area contributed by atoms with Gasteiger partial charge in [0.1, 0.15) is 0 Å². The molecular formula is C16H20BrN3. The van der Waals surface area contributed by atoms with Gasteiger partial charge in [0, 0.05) is 29.4 Å². The molecule has 2 rings (SSSR count). The maximum atomic E-state index is 5.73. The third kappa shape index (κ3) is 4.62. The van der Waals surface area contributed by atoms with E-state index in [9.17, 15) is 0 Å². The van der Waals surface area contributed by atoms with E-state index < -0.39 is 0 Å². The average Bonchev–Trinajstić information content (AvgIpc) is 2.44. The molecule has 106 valence electrons. The summed E-state index contributed by atoms with van der Waals surface area (Å²) in [5.74, 6) is 0. The Kier molecular flexibility index (Phi) is 5.56. The highest BCUT2D eigenvalue weighted by Gasteiger charge is 2.07. The highest BCUT2D eigenvalue weighted by molar-refractivity contribution is 9.10. The second-order valence-corrected chi connectivity index (χ2v) is 5.84. The molecule has 0 saturated heterocycles. The van der Waals surface area contributed by atoms with Crippen LogP contribution in [0.3, 0.4) is 0 Å². The van der Waals surface area contributed by atoms with Gasteiger partial charge in [0.2, 0.25) is 0 Å². The predicted octanol–water partition coefficient (Wildman–Crippen LogP) is 3.84. The normalized spacial score (nSPS) is 10.9. The molecule has 1 heterocycles. The van der Waals surface area contributed by atoms with E-state index in [1.165, 1.54) is 5.56 Å². The summed E-state index contributed by atoms with van der Waals surface area (Å²) in [6.07, 6.45) is 2.98. The number of aromatic nitrogens is 1. The second kappa shape index (κ2) is 7.41. The number of hydrogen-bond acceptors (Lipinski definition) is 3. The zero-order valence-electron chi connectivity index (χ0n) is 11.7. The summed E-state index contributed by atoms with van der Waals surface area (Å²) in [4.78, 5) is 6.85. The third-order valence-corrected chi connectivity index (χ3v) is 3.57. The van der Waals surface area contributed by atoms with Crippen molar-refractivity contribution in [3.8, 4) is 0 Å². The van der Waals surface area contributed by atoms with E-state index >= 15 is 0 Å². The molecule has 2 N–H and O–H groups in total. The van der Waals surface area contributed by atoms with Gasteiger partial charge in [0.25, 0.3) is 0 Å². The molecule has 0 amide bonds. The molecule has 0 fully saturated rings. The van der Waals surface area contributed by atoms with Crippen molar-refractivity contribution in [3.63, 3.8) is 0 Å². The molecule has 0 spiro atoms. The molecule has 1 aromatic heterocycles. The Hall–Kier alpha value is -1.39. The molecule has 20 heavy (non-hydrogen) atoms. The van der Waals surface area contributed by atoms with Crippen molar-refractivity contribution >= 4 is 21.6 Å². The van der Waals surface area contributed by atoms with E-state index in [1.807, 2.05) is 24.4 Å². The molecule has 0 saturated carbocycles. The van der Waals surface area contributed by atoms with Crippen molar-refractivity contribution in [3.05, 3.63) is 58.3 Å². The average molecular weight is 334 g/mol. The Labute approximate surface area is 129 Å². The van der Waals surface area contributed by atoms with Gasteiger partial charge in [0.05, 0.1) is 5.69 Å². The zero-order valence-corrected chi connectivity index (χ0v) is 13.3. The van der Waals surface area contributed by atoms with Crippen molar-refractivity contribution in [1.29, 1.82) is 0 Å². The zero-order chi connectivity index (χ0) is 14.4. The lowest BCUT2D eigenvalue weighted by Crippen LogP contribution is -2.24. The molecule has 0 aliphatic heterocycles. The van der Waals surface area contributed by atoms with Crippen LogP contribution >= 0.6 is 15.9 Å². The summed E-state index contributed by atoms with van der Waals surface area (Å²) in [6.45, 7) is 5.05. The smallest absolute Gasteiger partial charge is 0.0544 e. The lowest BCUT2D eigenvalue weighted by molar-refractivity contribution is 0.254. The minimum absolute atomic E-state index is 0.811. The Balaban J connectivity index is 2.02. The number of hydrogen-bond donors (Lipinski definition) is 1. The second-order valence-electron chi connectivity index (χ2n) is 4.92. The van der Waals surface area contributed by atoms with Gasteiger partial charge in [-0.3, -0.25) is 9.88 Å². The Morgan fingerprint density at radius 3 is 2.45 bits per heavy atom. The summed E-state index contributed by atoms with van der Waals surface area (Å²) in [7, 11) is 0. The molecule has 2 aromatic rings. The van der Waals surface area contributed by atoms with E-state index in [1.54, 1.807) is 0 Å². The summed E-state index contributed by atoms with van der Waals surface area (Å²) >= 11 is 3.42. The summed E-state index contributed by atoms with van der Waals surface area (Å²) in [5.41, 5.74) is 8.91. The van der Waals surface area contributed by atoms with Gasteiger partial charge in [-0.15, -0.1) is 0 Å². The van der Waals surface area contributed by atoms with Gasteiger partial charge in [-0.25, -0.2) is 0 Å². The molecule has 0 bridgehead atoms. The van der Waals surface area contributed by atoms with Crippen LogP contribution in [0.4, 0.5) is 5.69 Å². The van der Waals surface area contributed by atoms with E-state index in [0.29, 0.717) is 0 Å². The summed E-state index contributed by atoms with van der Waals surface area (Å²) in [5, 5.41) is 0. The van der Waals surface area contributed by atoms with Gasteiger partial charge in [-0.1, -0.05) is 19.1 Å². The lowest BCUT2D eigenvalue weighted by Gasteiger charge is -2.21. The number of nitrogens with zero attached hydrogens (tertiary/aromatic N) is 2. The number of anilines is 1. The maximum Gasteiger partial charge on any atom is 0.0544 e. The SMILES string of the molecule is CCCN(Cc1ccc(N)cc1)Cc1ccc(Br)cn1. The number of nitrogens with two attached hydrogens (primary N) is 1. The van der Waals surface area contributed by atoms with Crippen molar-refractivity contribution in [2.24, 2.45) is 0 Å². The van der Waals surface area contributed by atoms with E-state index in [-0.39, 0.29) is 0 Å². The fraction of sp³-hybridized carbons (Fsp3) is 0.312. The van der Waals surface area contributed by atoms with E-state index in [4.69, 9.17) is 5.73 Å². The van der Waals surface area contributed by atoms with E-state index in [2.05, 4.69) is 50.9 Å². The number of nitrogen functional groups attached to an aromatic ring is 1. The Morgan fingerprint density at radius 2 is 1.85 bits per heavy atom. The first-order valence-electron chi connectivity index (χ1n) is 6.84. The molecular weight excluding hydrogens is 314 g/mol. The first-order valence-corrected chi connectivity index (χ1v) is 7.64. The van der Waals surface area contributed by atoms with Gasteiger partial charge < -0.3 is 5.73 Å². The Morgan fingerprint density at radius 1 is 1.10 bits per heavy atom. The predicted molar refractivity (Wildman–Crippen MR) is 87.2 cm³/mol. The van der Waals surface area contributed by atoms with Gasteiger partial charge >= 0.3 is 0 Å². The van der Waals surface area contributed by atoms with Crippen molar-refractivity contribution in [2.75, 3.05) is 12.3 Å². The fourth-order valence-electron chi connectivity index (χ4n) is 2.14. The molecule has 1 aromatic carbocycles. The summed E-state index contributed by atoms with van der Waals surface area (Å²) < 4.78 is 1.02. The minimum atomic E-state index is 0.811. The van der Waals surface area contributed by atoms with Crippen LogP contribution in [0.2, 0.25) is 0 Å². The van der Waals surface area contributed by atoms with E-state index in [0.717, 1.165) is 41.9 Å². The van der Waals surface area contributed by atoms with Crippen LogP contribution in [0.15, 0.2) is 47.1 Å². The van der Waals surface area contributed by atoms with Crippen LogP contribution in [0.5, 0.6) is 0 Å². The van der Waals surface area contributed by atoms with Crippen LogP contribution in [0, 0.1) is 0 Å². The van der Waals surface area contributed by atoms with Gasteiger partial charge in [-0.05, 0) is 58.7 Å². The fourth-order valence-corrected chi connectivity index (χ4v) is 2.38. The first-order chi connectivity index (χ1) is 9.67. The molecule has 0 unspecified atom stereocenters. The van der Waals surface area contributed by atoms with Crippen LogP contribution in [-0.4, -0.2) is 16.4 Å². The van der Waals surface area contributed by atoms with Crippen molar-refractivity contribution in [2.45, 2.75) is 26.4 Å². The molecule has 0 aliphatic carbocycles. The van der Waals surface area contributed by atoms with Crippen LogP contribution in [-0.2, 0) is 13.1 Å². The van der Waals surface area contributed by atoms with Crippen LogP contribution in [0.25, 0.3) is 0 Å². The monoisotopic (exact) mass is 333 g/mol. The molecule has 0 aliphatic rings. The quantitative estimate of drug-likeness (QED) is 0.816. The largest absolute Gasteiger partial charge is 0.399 e. The Bertz CT molecular complexity index is 475. The standard InChI is InChI=1S/C16H20BrN3/c1-2-9-20(11-13-3-6-15(18)7-4-13)12-16-8-5-14(17)10-19-16/h3-8,10H,2,9,11-12,18H2,1H3. The minimum Gasteiger partial charge on any atom is -0.399 e. The lowest BCUT2D eigenvalue weighted by atomic mass is 10.2. The molecule has 3 nitrogen and oxygen atoms in total. The maximum absolute atomic E-state index is 5.73. The topological polar surface area (TPSA) is 42.1 Å². The first kappa shape index (κ1) is 15.0. The van der Waals surface area contributed by atoms with Gasteiger partial charge in [0.15, 0.2) is 0 Å².